The van der Waals surface area contributed by atoms with E-state index in [9.17, 15) is 19.2 Å². The van der Waals surface area contributed by atoms with Crippen molar-refractivity contribution in [1.82, 2.24) is 10.3 Å². The van der Waals surface area contributed by atoms with Crippen molar-refractivity contribution in [3.8, 4) is 5.75 Å². The Kier molecular flexibility index (Phi) is 6.73. The molecular weight excluding hydrogens is 511 g/mol. The quantitative estimate of drug-likeness (QED) is 0.224. The minimum Gasteiger partial charge on any atom is -0.449 e. The number of aryl methyl sites for hydroxylation is 1. The molecule has 184 valence electrons. The summed E-state index contributed by atoms with van der Waals surface area (Å²) in [4.78, 5) is 51.2. The smallest absolute Gasteiger partial charge is 0.449 e. The van der Waals surface area contributed by atoms with Crippen LogP contribution in [0.15, 0.2) is 36.4 Å². The van der Waals surface area contributed by atoms with Crippen LogP contribution < -0.4 is 20.7 Å². The van der Waals surface area contributed by atoms with E-state index in [-0.39, 0.29) is 27.3 Å². The molecule has 0 radical (unpaired) electrons. The minimum absolute atomic E-state index is 0.155. The number of carbonyl (C=O) groups excluding carboxylic acids is 3. The largest absolute Gasteiger partial charge is 0.511 e. The van der Waals surface area contributed by atoms with Gasteiger partial charge in [0, 0.05) is 28.1 Å². The molecule has 12 heteroatoms. The van der Waals surface area contributed by atoms with Crippen LogP contribution in [0, 0.1) is 13.8 Å². The zero-order chi connectivity index (χ0) is 26.1. The number of ether oxygens (including phenoxy) is 1. The molecule has 1 aromatic heterocycles. The van der Waals surface area contributed by atoms with Gasteiger partial charge in [0.2, 0.25) is 0 Å². The van der Waals surface area contributed by atoms with Crippen molar-refractivity contribution >= 4 is 70.2 Å². The second-order valence-corrected chi connectivity index (χ2v) is 8.61. The summed E-state index contributed by atoms with van der Waals surface area (Å²) >= 11 is 11.7. The maximum Gasteiger partial charge on any atom is 0.511 e. The number of H-pyrrole nitrogens is 1. The zero-order valence-electron chi connectivity index (χ0n) is 18.8. The topological polar surface area (TPSA) is 150 Å². The number of carboxylic acid groups (broad SMARTS) is 1. The van der Waals surface area contributed by atoms with Crippen molar-refractivity contribution in [1.29, 1.82) is 0 Å². The molecule has 1 aliphatic heterocycles. The van der Waals surface area contributed by atoms with Crippen LogP contribution in [0.25, 0.3) is 11.6 Å². The van der Waals surface area contributed by atoms with Gasteiger partial charge in [0.1, 0.15) is 0 Å². The number of aromatic amines is 1. The molecule has 0 saturated heterocycles. The van der Waals surface area contributed by atoms with Crippen LogP contribution in [0.3, 0.4) is 0 Å². The van der Waals surface area contributed by atoms with E-state index in [4.69, 9.17) is 33.0 Å². The molecule has 4 amide bonds. The number of anilines is 2. The van der Waals surface area contributed by atoms with E-state index in [1.54, 1.807) is 38.1 Å². The van der Waals surface area contributed by atoms with E-state index < -0.39 is 18.1 Å². The monoisotopic (exact) mass is 528 g/mol. The number of aromatic nitrogens is 1. The summed E-state index contributed by atoms with van der Waals surface area (Å²) < 4.78 is 4.81. The average molecular weight is 529 g/mol. The molecule has 0 fully saturated rings. The molecule has 0 aliphatic carbocycles. The van der Waals surface area contributed by atoms with Crippen LogP contribution in [-0.2, 0) is 4.79 Å². The first-order valence-electron chi connectivity index (χ1n) is 10.4. The van der Waals surface area contributed by atoms with E-state index in [1.807, 2.05) is 0 Å². The number of nitrogens with one attached hydrogen (secondary N) is 4. The van der Waals surface area contributed by atoms with Gasteiger partial charge in [-0.05, 0) is 50.3 Å². The standard InChI is InChI=1S/C24H18Cl2N4O6/c1-10-18(27-11(2)20(10)36-24(34)35)9-15-14-5-4-13(8-19(14)29-22(15)32)28-23(33)30-21(31)12-3-6-16(25)17(26)7-12/h3-9,27H,1-2H3,(H,29,32)(H,34,35)(H2,28,30,31,33)/b15-9-. The number of amides is 4. The summed E-state index contributed by atoms with van der Waals surface area (Å²) in [6.07, 6.45) is 0.152. The summed E-state index contributed by atoms with van der Waals surface area (Å²) in [6.45, 7) is 3.33. The second-order valence-electron chi connectivity index (χ2n) is 7.80. The predicted molar refractivity (Wildman–Crippen MR) is 135 cm³/mol. The number of urea groups is 1. The van der Waals surface area contributed by atoms with Crippen molar-refractivity contribution in [2.45, 2.75) is 13.8 Å². The third-order valence-electron chi connectivity index (χ3n) is 5.35. The zero-order valence-corrected chi connectivity index (χ0v) is 20.3. The van der Waals surface area contributed by atoms with Gasteiger partial charge in [0.05, 0.1) is 27.0 Å². The van der Waals surface area contributed by atoms with Gasteiger partial charge < -0.3 is 25.5 Å². The van der Waals surface area contributed by atoms with E-state index >= 15 is 0 Å². The first-order valence-corrected chi connectivity index (χ1v) is 11.1. The van der Waals surface area contributed by atoms with E-state index in [0.29, 0.717) is 39.5 Å². The molecule has 0 atom stereocenters. The molecule has 2 aromatic carbocycles. The third kappa shape index (κ3) is 5.04. The Balaban J connectivity index is 1.51. The molecule has 0 unspecified atom stereocenters. The highest BCUT2D eigenvalue weighted by atomic mass is 35.5. The Bertz CT molecular complexity index is 1480. The number of hydrogen-bond donors (Lipinski definition) is 5. The molecule has 4 rings (SSSR count). The fraction of sp³-hybridized carbons (Fsp3) is 0.0833. The normalized spacial score (nSPS) is 13.2. The van der Waals surface area contributed by atoms with Crippen molar-refractivity contribution in [3.05, 3.63) is 74.5 Å². The lowest BCUT2D eigenvalue weighted by Crippen LogP contribution is -2.34. The average Bonchev–Trinajstić information content (AvgIpc) is 3.25. The number of carbonyl (C=O) groups is 4. The van der Waals surface area contributed by atoms with Crippen molar-refractivity contribution < 1.29 is 29.0 Å². The van der Waals surface area contributed by atoms with Crippen LogP contribution in [0.1, 0.15) is 32.9 Å². The van der Waals surface area contributed by atoms with Crippen molar-refractivity contribution in [2.75, 3.05) is 10.6 Å². The summed E-state index contributed by atoms with van der Waals surface area (Å²) in [7, 11) is 0. The Labute approximate surface area is 214 Å². The highest BCUT2D eigenvalue weighted by Gasteiger charge is 2.26. The predicted octanol–water partition coefficient (Wildman–Crippen LogP) is 5.45. The Morgan fingerprint density at radius 2 is 1.81 bits per heavy atom. The van der Waals surface area contributed by atoms with Gasteiger partial charge in [-0.2, -0.15) is 0 Å². The molecule has 1 aliphatic rings. The summed E-state index contributed by atoms with van der Waals surface area (Å²) in [6, 6.07) is 8.19. The molecule has 5 N–H and O–H groups in total. The van der Waals surface area contributed by atoms with Gasteiger partial charge >= 0.3 is 12.2 Å². The minimum atomic E-state index is -1.44. The highest BCUT2D eigenvalue weighted by molar-refractivity contribution is 6.42. The maximum absolute atomic E-state index is 12.6. The number of benzene rings is 2. The van der Waals surface area contributed by atoms with Gasteiger partial charge in [0.15, 0.2) is 5.75 Å². The molecule has 3 aromatic rings. The van der Waals surface area contributed by atoms with Crippen LogP contribution >= 0.6 is 23.2 Å². The number of fused-ring (bicyclic) bond motifs is 1. The molecule has 10 nitrogen and oxygen atoms in total. The van der Waals surface area contributed by atoms with Gasteiger partial charge in [-0.1, -0.05) is 29.3 Å². The Morgan fingerprint density at radius 1 is 1.06 bits per heavy atom. The molecule has 2 heterocycles. The third-order valence-corrected chi connectivity index (χ3v) is 6.09. The van der Waals surface area contributed by atoms with Crippen LogP contribution in [0.5, 0.6) is 5.75 Å². The molecule has 0 saturated carbocycles. The number of halogens is 2. The van der Waals surface area contributed by atoms with Gasteiger partial charge in [-0.25, -0.2) is 9.59 Å². The second kappa shape index (κ2) is 9.76. The first kappa shape index (κ1) is 24.8. The van der Waals surface area contributed by atoms with Gasteiger partial charge in [-0.3, -0.25) is 14.9 Å². The number of hydrogen-bond acceptors (Lipinski definition) is 5. The summed E-state index contributed by atoms with van der Waals surface area (Å²) in [5.41, 5.74) is 3.40. The lowest BCUT2D eigenvalue weighted by atomic mass is 10.0. The van der Waals surface area contributed by atoms with Gasteiger partial charge in [0.25, 0.3) is 11.8 Å². The summed E-state index contributed by atoms with van der Waals surface area (Å²) in [5, 5.41) is 16.8. The Morgan fingerprint density at radius 3 is 2.50 bits per heavy atom. The van der Waals surface area contributed by atoms with E-state index in [0.717, 1.165) is 0 Å². The molecule has 0 bridgehead atoms. The number of imide groups is 1. The fourth-order valence-electron chi connectivity index (χ4n) is 3.68. The molecular formula is C24H18Cl2N4O6. The highest BCUT2D eigenvalue weighted by Crippen LogP contribution is 2.36. The molecule has 0 spiro atoms. The van der Waals surface area contributed by atoms with Crippen LogP contribution in [0.4, 0.5) is 21.0 Å². The van der Waals surface area contributed by atoms with Gasteiger partial charge in [-0.15, -0.1) is 0 Å². The fourth-order valence-corrected chi connectivity index (χ4v) is 3.97. The lowest BCUT2D eigenvalue weighted by molar-refractivity contribution is -0.110. The van der Waals surface area contributed by atoms with Crippen molar-refractivity contribution in [2.24, 2.45) is 0 Å². The molecule has 36 heavy (non-hydrogen) atoms. The first-order chi connectivity index (χ1) is 17.0. The summed E-state index contributed by atoms with van der Waals surface area (Å²) in [5.74, 6) is -0.878. The lowest BCUT2D eigenvalue weighted by Gasteiger charge is -2.09. The Hall–Kier alpha value is -4.28. The van der Waals surface area contributed by atoms with Crippen molar-refractivity contribution in [3.63, 3.8) is 0 Å². The van der Waals surface area contributed by atoms with E-state index in [1.165, 1.54) is 18.2 Å². The SMILES string of the molecule is Cc1[nH]c(/C=C2\C(=O)Nc3cc(NC(=O)NC(=O)c4ccc(Cl)c(Cl)c4)ccc32)c(C)c1OC(=O)O. The van der Waals surface area contributed by atoms with E-state index in [2.05, 4.69) is 20.9 Å². The number of rotatable bonds is 4. The maximum atomic E-state index is 12.6. The van der Waals surface area contributed by atoms with Crippen LogP contribution in [0.2, 0.25) is 10.0 Å². The van der Waals surface area contributed by atoms with Crippen LogP contribution in [-0.4, -0.2) is 34.1 Å².